The van der Waals surface area contributed by atoms with Gasteiger partial charge < -0.3 is 15.0 Å². The monoisotopic (exact) mass is 321 g/mol. The number of allylic oxidation sites excluding steroid dienone is 2. The highest BCUT2D eigenvalue weighted by Crippen LogP contribution is 2.29. The van der Waals surface area contributed by atoms with Crippen LogP contribution >= 0.6 is 0 Å². The molecule has 1 fully saturated rings. The van der Waals surface area contributed by atoms with E-state index in [-0.39, 0.29) is 17.1 Å². The third-order valence-electron chi connectivity index (χ3n) is 3.60. The van der Waals surface area contributed by atoms with Crippen molar-refractivity contribution in [1.82, 2.24) is 0 Å². The molecular weight excluding hydrogens is 306 g/mol. The zero-order chi connectivity index (χ0) is 17.5. The highest BCUT2D eigenvalue weighted by molar-refractivity contribution is 5.96. The quantitative estimate of drug-likeness (QED) is 0.666. The van der Waals surface area contributed by atoms with E-state index in [1.54, 1.807) is 30.3 Å². The molecule has 0 aromatic heterocycles. The normalized spacial score (nSPS) is 13.2. The van der Waals surface area contributed by atoms with Gasteiger partial charge in [-0.1, -0.05) is 0 Å². The first-order valence-electron chi connectivity index (χ1n) is 7.30. The minimum Gasteiger partial charge on any atom is -0.378 e. The van der Waals surface area contributed by atoms with Crippen LogP contribution in [0.5, 0.6) is 0 Å². The van der Waals surface area contributed by atoms with Gasteiger partial charge in [0.05, 0.1) is 24.6 Å². The van der Waals surface area contributed by atoms with Crippen molar-refractivity contribution in [2.45, 2.75) is 6.92 Å². The number of hydrogen-bond donors (Lipinski definition) is 1. The van der Waals surface area contributed by atoms with Gasteiger partial charge in [0.25, 0.3) is 0 Å². The molecule has 1 saturated heterocycles. The fourth-order valence-corrected chi connectivity index (χ4v) is 2.35. The number of nitrogens with one attached hydrogen (secondary N) is 1. The maximum absolute atomic E-state index is 11.6. The van der Waals surface area contributed by atoms with Crippen LogP contribution in [0.3, 0.4) is 0 Å². The smallest absolute Gasteiger partial charge is 0.163 e. The van der Waals surface area contributed by atoms with E-state index >= 15 is 0 Å². The van der Waals surface area contributed by atoms with Crippen LogP contribution in [0.15, 0.2) is 29.5 Å². The summed E-state index contributed by atoms with van der Waals surface area (Å²) in [5, 5.41) is 30.0. The van der Waals surface area contributed by atoms with Crippen LogP contribution < -0.4 is 10.2 Å². The Bertz CT molecular complexity index is 786. The summed E-state index contributed by atoms with van der Waals surface area (Å²) in [7, 11) is 0. The van der Waals surface area contributed by atoms with Gasteiger partial charge in [0.2, 0.25) is 0 Å². The van der Waals surface area contributed by atoms with Crippen LogP contribution in [0.1, 0.15) is 17.3 Å². The fourth-order valence-electron chi connectivity index (χ4n) is 2.35. The Morgan fingerprint density at radius 1 is 1.17 bits per heavy atom. The van der Waals surface area contributed by atoms with Crippen molar-refractivity contribution in [2.75, 3.05) is 36.5 Å². The molecular formula is C17H15N5O2. The van der Waals surface area contributed by atoms with E-state index in [9.17, 15) is 10.1 Å². The summed E-state index contributed by atoms with van der Waals surface area (Å²) in [6.45, 7) is 3.95. The highest BCUT2D eigenvalue weighted by Gasteiger charge is 2.18. The van der Waals surface area contributed by atoms with Gasteiger partial charge in [-0.05, 0) is 25.1 Å². The number of benzene rings is 1. The van der Waals surface area contributed by atoms with Crippen molar-refractivity contribution in [1.29, 1.82) is 15.8 Å². The molecule has 0 spiro atoms. The van der Waals surface area contributed by atoms with Crippen molar-refractivity contribution in [3.8, 4) is 18.2 Å². The Morgan fingerprint density at radius 2 is 1.83 bits per heavy atom. The lowest BCUT2D eigenvalue weighted by Crippen LogP contribution is -2.36. The fraction of sp³-hybridized carbons (Fsp3) is 0.294. The number of Topliss-reactive ketones (excluding diaryl/α,β-unsaturated/α-hetero) is 1. The van der Waals surface area contributed by atoms with Crippen LogP contribution in [-0.4, -0.2) is 32.1 Å². The van der Waals surface area contributed by atoms with Crippen LogP contribution in [0, 0.1) is 34.0 Å². The number of hydrogen-bond acceptors (Lipinski definition) is 7. The molecule has 0 bridgehead atoms. The summed E-state index contributed by atoms with van der Waals surface area (Å²) < 4.78 is 5.33. The van der Waals surface area contributed by atoms with Crippen LogP contribution in [-0.2, 0) is 4.74 Å². The summed E-state index contributed by atoms with van der Waals surface area (Å²) in [6.07, 6.45) is 0. The summed E-state index contributed by atoms with van der Waals surface area (Å²) in [5.41, 5.74) is 1.31. The predicted octanol–water partition coefficient (Wildman–Crippen LogP) is 1.96. The second kappa shape index (κ2) is 7.78. The van der Waals surface area contributed by atoms with Crippen LogP contribution in [0.25, 0.3) is 0 Å². The van der Waals surface area contributed by atoms with Crippen molar-refractivity contribution < 1.29 is 9.53 Å². The number of carbonyl (C=O) groups is 1. The average Bonchev–Trinajstić information content (AvgIpc) is 2.62. The molecule has 1 aliphatic rings. The number of nitriles is 3. The van der Waals surface area contributed by atoms with E-state index in [0.29, 0.717) is 37.6 Å². The molecule has 1 aliphatic heterocycles. The maximum atomic E-state index is 11.6. The Balaban J connectivity index is 2.49. The van der Waals surface area contributed by atoms with Crippen molar-refractivity contribution >= 4 is 17.2 Å². The molecule has 2 rings (SSSR count). The Labute approximate surface area is 140 Å². The van der Waals surface area contributed by atoms with E-state index in [1.165, 1.54) is 6.92 Å². The second-order valence-corrected chi connectivity index (χ2v) is 5.10. The molecule has 120 valence electrons. The van der Waals surface area contributed by atoms with E-state index in [4.69, 9.17) is 15.3 Å². The van der Waals surface area contributed by atoms with Gasteiger partial charge in [-0.3, -0.25) is 4.79 Å². The van der Waals surface area contributed by atoms with Gasteiger partial charge in [0.1, 0.15) is 23.9 Å². The summed E-state index contributed by atoms with van der Waals surface area (Å²) in [6, 6.07) is 10.3. The van der Waals surface area contributed by atoms with Crippen molar-refractivity contribution in [2.24, 2.45) is 0 Å². The number of anilines is 2. The largest absolute Gasteiger partial charge is 0.378 e. The first kappa shape index (κ1) is 17.0. The Hall–Kier alpha value is -3.34. The van der Waals surface area contributed by atoms with E-state index in [2.05, 4.69) is 10.2 Å². The number of ketones is 1. The third-order valence-corrected chi connectivity index (χ3v) is 3.60. The first-order chi connectivity index (χ1) is 11.6. The summed E-state index contributed by atoms with van der Waals surface area (Å²) >= 11 is 0. The van der Waals surface area contributed by atoms with Gasteiger partial charge in [0, 0.05) is 18.7 Å². The molecule has 0 saturated carbocycles. The van der Waals surface area contributed by atoms with Gasteiger partial charge in [-0.15, -0.1) is 0 Å². The van der Waals surface area contributed by atoms with Crippen LogP contribution in [0.2, 0.25) is 0 Å². The lowest BCUT2D eigenvalue weighted by molar-refractivity contribution is 0.101. The first-order valence-corrected chi connectivity index (χ1v) is 7.30. The molecule has 1 heterocycles. The lowest BCUT2D eigenvalue weighted by Gasteiger charge is -2.30. The molecule has 1 aromatic rings. The molecule has 0 amide bonds. The number of nitrogens with zero attached hydrogens (tertiary/aromatic N) is 4. The molecule has 1 N–H and O–H groups in total. The van der Waals surface area contributed by atoms with E-state index in [1.807, 2.05) is 6.07 Å². The zero-order valence-electron chi connectivity index (χ0n) is 13.2. The standard InChI is InChI=1S/C17H15N5O2/c1-12(23)13-2-3-17(22-4-6-24-7-5-22)15(8-13)21-16(11-20)14(9-18)10-19/h2-3,8,21H,4-7H2,1H3. The molecule has 7 heteroatoms. The van der Waals surface area contributed by atoms with Crippen molar-refractivity contribution in [3.63, 3.8) is 0 Å². The van der Waals surface area contributed by atoms with Gasteiger partial charge in [-0.2, -0.15) is 15.8 Å². The van der Waals surface area contributed by atoms with Gasteiger partial charge in [0.15, 0.2) is 11.4 Å². The highest BCUT2D eigenvalue weighted by atomic mass is 16.5. The molecule has 0 atom stereocenters. The van der Waals surface area contributed by atoms with E-state index < -0.39 is 0 Å². The SMILES string of the molecule is CC(=O)c1ccc(N2CCOCC2)c(NC(C#N)=C(C#N)C#N)c1. The molecule has 1 aromatic carbocycles. The third kappa shape index (κ3) is 3.70. The van der Waals surface area contributed by atoms with Crippen molar-refractivity contribution in [3.05, 3.63) is 35.0 Å². The predicted molar refractivity (Wildman–Crippen MR) is 87.0 cm³/mol. The van der Waals surface area contributed by atoms with Crippen LogP contribution in [0.4, 0.5) is 11.4 Å². The lowest BCUT2D eigenvalue weighted by atomic mass is 10.1. The maximum Gasteiger partial charge on any atom is 0.163 e. The Kier molecular flexibility index (Phi) is 5.52. The number of rotatable bonds is 4. The molecule has 7 nitrogen and oxygen atoms in total. The number of ether oxygens (including phenoxy) is 1. The molecule has 0 aliphatic carbocycles. The minimum atomic E-state index is -0.307. The number of carbonyl (C=O) groups excluding carboxylic acids is 1. The second-order valence-electron chi connectivity index (χ2n) is 5.10. The minimum absolute atomic E-state index is 0.116. The summed E-state index contributed by atoms with van der Waals surface area (Å²) in [5.74, 6) is -0.116. The molecule has 24 heavy (non-hydrogen) atoms. The Morgan fingerprint density at radius 3 is 2.38 bits per heavy atom. The van der Waals surface area contributed by atoms with Gasteiger partial charge >= 0.3 is 0 Å². The molecule has 0 unspecified atom stereocenters. The topological polar surface area (TPSA) is 113 Å². The average molecular weight is 321 g/mol. The van der Waals surface area contributed by atoms with Gasteiger partial charge in [-0.25, -0.2) is 0 Å². The summed E-state index contributed by atoms with van der Waals surface area (Å²) in [4.78, 5) is 13.7. The van der Waals surface area contributed by atoms with E-state index in [0.717, 1.165) is 5.69 Å². The number of morpholine rings is 1. The zero-order valence-corrected chi connectivity index (χ0v) is 13.2. The molecule has 0 radical (unpaired) electrons.